The van der Waals surface area contributed by atoms with Crippen LogP contribution in [0.1, 0.15) is 12.8 Å². The summed E-state index contributed by atoms with van der Waals surface area (Å²) in [5.74, 6) is 0.658. The van der Waals surface area contributed by atoms with Crippen molar-refractivity contribution < 1.29 is 18.6 Å². The van der Waals surface area contributed by atoms with E-state index in [-0.39, 0.29) is 36.4 Å². The van der Waals surface area contributed by atoms with Crippen LogP contribution in [0.4, 0.5) is 11.6 Å². The number of nitrogens with zero attached hydrogens (tertiary/aromatic N) is 3. The van der Waals surface area contributed by atoms with Crippen LogP contribution in [0.25, 0.3) is 0 Å². The Balaban J connectivity index is 2.36. The smallest absolute Gasteiger partial charge is 0.182 e. The fraction of sp³-hybridized carbons (Fsp3) is 0.750. The van der Waals surface area contributed by atoms with E-state index < -0.39 is 9.84 Å². The molecular weight excluding hydrogens is 296 g/mol. The first-order valence-corrected chi connectivity index (χ1v) is 8.80. The van der Waals surface area contributed by atoms with Crippen molar-refractivity contribution in [3.63, 3.8) is 0 Å². The fourth-order valence-corrected chi connectivity index (χ4v) is 3.59. The van der Waals surface area contributed by atoms with Crippen LogP contribution in [0.15, 0.2) is 4.90 Å². The third kappa shape index (κ3) is 3.30. The van der Waals surface area contributed by atoms with Crippen molar-refractivity contribution >= 4 is 21.5 Å². The highest BCUT2D eigenvalue weighted by Crippen LogP contribution is 2.32. The molecule has 0 atom stereocenters. The number of rotatable bonds is 5. The van der Waals surface area contributed by atoms with Gasteiger partial charge in [0.2, 0.25) is 0 Å². The number of piperidine rings is 1. The molecule has 1 fully saturated rings. The van der Waals surface area contributed by atoms with E-state index in [4.69, 9.17) is 15.9 Å². The van der Waals surface area contributed by atoms with E-state index in [9.17, 15) is 8.42 Å². The topological polar surface area (TPSA) is 122 Å². The molecule has 2 rings (SSSR count). The van der Waals surface area contributed by atoms with Crippen LogP contribution >= 0.6 is 0 Å². The number of anilines is 2. The van der Waals surface area contributed by atoms with Crippen molar-refractivity contribution in [3.8, 4) is 0 Å². The summed E-state index contributed by atoms with van der Waals surface area (Å²) >= 11 is 0. The Morgan fingerprint density at radius 1 is 1.33 bits per heavy atom. The van der Waals surface area contributed by atoms with Gasteiger partial charge in [0, 0.05) is 26.0 Å². The molecular formula is C12H22N4O4S. The molecule has 0 aliphatic carbocycles. The second-order valence-corrected chi connectivity index (χ2v) is 7.32. The molecule has 8 nitrogen and oxygen atoms in total. The monoisotopic (exact) mass is 318 g/mol. The Morgan fingerprint density at radius 3 is 2.43 bits per heavy atom. The summed E-state index contributed by atoms with van der Waals surface area (Å²) in [6, 6.07) is 0. The molecule has 9 heteroatoms. The summed E-state index contributed by atoms with van der Waals surface area (Å²) in [5.41, 5.74) is 5.88. The summed E-state index contributed by atoms with van der Waals surface area (Å²) in [5, 5.41) is 22.4. The highest BCUT2D eigenvalue weighted by Gasteiger charge is 2.29. The Labute approximate surface area is 124 Å². The minimum atomic E-state index is -3.51. The van der Waals surface area contributed by atoms with Crippen LogP contribution < -0.4 is 10.6 Å². The lowest BCUT2D eigenvalue weighted by molar-refractivity contribution is 0.202. The molecule has 0 aromatic carbocycles. The third-order valence-electron chi connectivity index (χ3n) is 3.78. The molecule has 0 radical (unpaired) electrons. The van der Waals surface area contributed by atoms with E-state index in [1.54, 1.807) is 0 Å². The average Bonchev–Trinajstić information content (AvgIpc) is 2.76. The summed E-state index contributed by atoms with van der Waals surface area (Å²) in [4.78, 5) is 1.91. The molecule has 1 saturated heterocycles. The molecule has 0 spiro atoms. The molecule has 4 N–H and O–H groups in total. The van der Waals surface area contributed by atoms with Crippen molar-refractivity contribution in [3.05, 3.63) is 0 Å². The first-order valence-electron chi connectivity index (χ1n) is 6.91. The SMILES string of the molecule is CS(=O)(=O)c1c(N2CCC(CO)CC2)nn(CCO)c1N. The van der Waals surface area contributed by atoms with Gasteiger partial charge in [0.15, 0.2) is 20.6 Å². The van der Waals surface area contributed by atoms with Crippen LogP contribution in [0, 0.1) is 5.92 Å². The van der Waals surface area contributed by atoms with Crippen LogP contribution in [0.5, 0.6) is 0 Å². The lowest BCUT2D eigenvalue weighted by Gasteiger charge is -2.31. The van der Waals surface area contributed by atoms with Gasteiger partial charge in [-0.2, -0.15) is 5.10 Å². The van der Waals surface area contributed by atoms with Crippen molar-refractivity contribution in [2.24, 2.45) is 5.92 Å². The van der Waals surface area contributed by atoms with Crippen LogP contribution in [0.2, 0.25) is 0 Å². The van der Waals surface area contributed by atoms with Crippen molar-refractivity contribution in [2.75, 3.05) is 43.2 Å². The van der Waals surface area contributed by atoms with E-state index in [0.29, 0.717) is 18.9 Å². The predicted molar refractivity (Wildman–Crippen MR) is 78.9 cm³/mol. The largest absolute Gasteiger partial charge is 0.396 e. The minimum Gasteiger partial charge on any atom is -0.396 e. The molecule has 120 valence electrons. The number of aromatic nitrogens is 2. The van der Waals surface area contributed by atoms with Gasteiger partial charge in [0.05, 0.1) is 13.2 Å². The standard InChI is InChI=1S/C12H22N4O4S/c1-21(19,20)10-11(13)16(6-7-17)14-12(10)15-4-2-9(8-18)3-5-15/h9,17-18H,2-8,13H2,1H3. The number of nitrogens with two attached hydrogens (primary N) is 1. The highest BCUT2D eigenvalue weighted by molar-refractivity contribution is 7.91. The molecule has 0 saturated carbocycles. The Morgan fingerprint density at radius 2 is 1.95 bits per heavy atom. The minimum absolute atomic E-state index is 0.0263. The summed E-state index contributed by atoms with van der Waals surface area (Å²) in [7, 11) is -3.51. The van der Waals surface area contributed by atoms with Gasteiger partial charge in [-0.1, -0.05) is 0 Å². The number of nitrogen functional groups attached to an aromatic ring is 1. The summed E-state index contributed by atoms with van der Waals surface area (Å²) < 4.78 is 25.3. The third-order valence-corrected chi connectivity index (χ3v) is 4.92. The second-order valence-electron chi connectivity index (χ2n) is 5.37. The number of aliphatic hydroxyl groups is 2. The molecule has 0 unspecified atom stereocenters. The number of hydrogen-bond donors (Lipinski definition) is 3. The molecule has 0 amide bonds. The van der Waals surface area contributed by atoms with E-state index >= 15 is 0 Å². The van der Waals surface area contributed by atoms with Crippen molar-refractivity contribution in [2.45, 2.75) is 24.3 Å². The Hall–Kier alpha value is -1.32. The molecule has 21 heavy (non-hydrogen) atoms. The molecule has 1 aliphatic heterocycles. The van der Waals surface area contributed by atoms with Gasteiger partial charge in [-0.25, -0.2) is 13.1 Å². The van der Waals surface area contributed by atoms with Gasteiger partial charge in [0.1, 0.15) is 5.82 Å². The average molecular weight is 318 g/mol. The van der Waals surface area contributed by atoms with Gasteiger partial charge >= 0.3 is 0 Å². The normalized spacial score (nSPS) is 17.4. The summed E-state index contributed by atoms with van der Waals surface area (Å²) in [6.45, 7) is 1.39. The zero-order chi connectivity index (χ0) is 15.6. The maximum Gasteiger partial charge on any atom is 0.182 e. The molecule has 1 aromatic rings. The van der Waals surface area contributed by atoms with E-state index in [2.05, 4.69) is 5.10 Å². The van der Waals surface area contributed by atoms with Gasteiger partial charge in [0.25, 0.3) is 0 Å². The number of hydrogen-bond acceptors (Lipinski definition) is 7. The molecule has 0 bridgehead atoms. The first-order chi connectivity index (χ1) is 9.88. The van der Waals surface area contributed by atoms with Crippen molar-refractivity contribution in [1.82, 2.24) is 9.78 Å². The summed E-state index contributed by atoms with van der Waals surface area (Å²) in [6.07, 6.45) is 2.67. The van der Waals surface area contributed by atoms with E-state index in [0.717, 1.165) is 19.1 Å². The number of sulfone groups is 1. The van der Waals surface area contributed by atoms with Gasteiger partial charge in [-0.15, -0.1) is 0 Å². The van der Waals surface area contributed by atoms with Crippen molar-refractivity contribution in [1.29, 1.82) is 0 Å². The quantitative estimate of drug-likeness (QED) is 0.641. The lowest BCUT2D eigenvalue weighted by atomic mass is 9.98. The Kier molecular flexibility index (Phi) is 4.74. The van der Waals surface area contributed by atoms with Gasteiger partial charge in [-0.05, 0) is 18.8 Å². The molecule has 1 aromatic heterocycles. The predicted octanol–water partition coefficient (Wildman–Crippen LogP) is -0.930. The maximum atomic E-state index is 12.0. The second kappa shape index (κ2) is 6.20. The molecule has 1 aliphatic rings. The maximum absolute atomic E-state index is 12.0. The first kappa shape index (κ1) is 16.1. The lowest BCUT2D eigenvalue weighted by Crippen LogP contribution is -2.35. The molecule has 2 heterocycles. The highest BCUT2D eigenvalue weighted by atomic mass is 32.2. The van der Waals surface area contributed by atoms with E-state index in [1.165, 1.54) is 4.68 Å². The van der Waals surface area contributed by atoms with E-state index in [1.807, 2.05) is 4.90 Å². The zero-order valence-corrected chi connectivity index (χ0v) is 12.9. The van der Waals surface area contributed by atoms with Gasteiger partial charge < -0.3 is 20.8 Å². The van der Waals surface area contributed by atoms with Crippen LogP contribution in [-0.2, 0) is 16.4 Å². The zero-order valence-electron chi connectivity index (χ0n) is 12.1. The van der Waals surface area contributed by atoms with Gasteiger partial charge in [-0.3, -0.25) is 0 Å². The van der Waals surface area contributed by atoms with Crippen LogP contribution in [0.3, 0.4) is 0 Å². The number of aliphatic hydroxyl groups excluding tert-OH is 2. The Bertz CT molecular complexity index is 591. The fourth-order valence-electron chi connectivity index (χ4n) is 2.60. The van der Waals surface area contributed by atoms with Crippen LogP contribution in [-0.4, -0.2) is 61.0 Å².